The van der Waals surface area contributed by atoms with Crippen LogP contribution < -0.4 is 10.1 Å². The molecule has 0 atom stereocenters. The highest BCUT2D eigenvalue weighted by Gasteiger charge is 2.04. The predicted molar refractivity (Wildman–Crippen MR) is 67.2 cm³/mol. The van der Waals surface area contributed by atoms with Crippen molar-refractivity contribution in [1.82, 2.24) is 4.98 Å². The van der Waals surface area contributed by atoms with Crippen molar-refractivity contribution in [3.63, 3.8) is 0 Å². The van der Waals surface area contributed by atoms with Crippen molar-refractivity contribution in [1.29, 1.82) is 0 Å². The molecule has 0 spiro atoms. The van der Waals surface area contributed by atoms with Crippen LogP contribution in [-0.4, -0.2) is 12.1 Å². The van der Waals surface area contributed by atoms with Crippen LogP contribution in [0.4, 0.5) is 5.82 Å². The lowest BCUT2D eigenvalue weighted by Crippen LogP contribution is -2.03. The first kappa shape index (κ1) is 11.0. The number of aryl methyl sites for hydroxylation is 1. The van der Waals surface area contributed by atoms with Gasteiger partial charge in [-0.3, -0.25) is 0 Å². The highest BCUT2D eigenvalue weighted by atomic mass is 32.1. The predicted octanol–water partition coefficient (Wildman–Crippen LogP) is 3.07. The smallest absolute Gasteiger partial charge is 0.168 e. The van der Waals surface area contributed by atoms with Gasteiger partial charge in [0.05, 0.1) is 7.11 Å². The maximum Gasteiger partial charge on any atom is 0.168 e. The molecule has 2 aromatic rings. The van der Waals surface area contributed by atoms with E-state index >= 15 is 0 Å². The average Bonchev–Trinajstić information content (AvgIpc) is 2.72. The topological polar surface area (TPSA) is 34.1 Å². The molecule has 0 saturated carbocycles. The van der Waals surface area contributed by atoms with Gasteiger partial charge in [0.15, 0.2) is 11.6 Å². The Balaban J connectivity index is 2.07. The fourth-order valence-electron chi connectivity index (χ4n) is 1.43. The van der Waals surface area contributed by atoms with Crippen LogP contribution in [0.25, 0.3) is 0 Å². The van der Waals surface area contributed by atoms with Gasteiger partial charge < -0.3 is 10.1 Å². The van der Waals surface area contributed by atoms with E-state index in [4.69, 9.17) is 4.74 Å². The van der Waals surface area contributed by atoms with Crippen molar-refractivity contribution in [3.05, 3.63) is 40.2 Å². The third kappa shape index (κ3) is 2.33. The van der Waals surface area contributed by atoms with Gasteiger partial charge in [-0.1, -0.05) is 0 Å². The van der Waals surface area contributed by atoms with Gasteiger partial charge >= 0.3 is 0 Å². The highest BCUT2D eigenvalue weighted by molar-refractivity contribution is 7.08. The zero-order valence-electron chi connectivity index (χ0n) is 9.36. The number of hydrogen-bond donors (Lipinski definition) is 1. The summed E-state index contributed by atoms with van der Waals surface area (Å²) in [6.45, 7) is 2.89. The molecule has 0 aromatic carbocycles. The molecule has 16 heavy (non-hydrogen) atoms. The number of nitrogens with zero attached hydrogens (tertiary/aromatic N) is 1. The van der Waals surface area contributed by atoms with Gasteiger partial charge in [0.2, 0.25) is 0 Å². The monoisotopic (exact) mass is 234 g/mol. The Labute approximate surface area is 99.1 Å². The zero-order valence-corrected chi connectivity index (χ0v) is 10.2. The van der Waals surface area contributed by atoms with Gasteiger partial charge in [0, 0.05) is 12.7 Å². The van der Waals surface area contributed by atoms with Crippen LogP contribution in [0.5, 0.6) is 5.75 Å². The number of methoxy groups -OCH3 is 1. The Hall–Kier alpha value is -1.55. The van der Waals surface area contributed by atoms with Gasteiger partial charge in [-0.25, -0.2) is 4.98 Å². The molecular weight excluding hydrogens is 220 g/mol. The maximum atomic E-state index is 5.22. The molecule has 4 heteroatoms. The standard InChI is InChI=1S/C12H14N2OS/c1-9-7-16-8-10(9)6-14-12-11(15-2)4-3-5-13-12/h3-5,7-8H,6H2,1-2H3,(H,13,14). The summed E-state index contributed by atoms with van der Waals surface area (Å²) >= 11 is 1.72. The molecule has 0 radical (unpaired) electrons. The molecular formula is C12H14N2OS. The third-order valence-electron chi connectivity index (χ3n) is 2.40. The van der Waals surface area contributed by atoms with Gasteiger partial charge in [-0.2, -0.15) is 11.3 Å². The number of anilines is 1. The van der Waals surface area contributed by atoms with Crippen LogP contribution >= 0.6 is 11.3 Å². The number of pyridine rings is 1. The summed E-state index contributed by atoms with van der Waals surface area (Å²) in [6.07, 6.45) is 1.76. The molecule has 0 aliphatic carbocycles. The molecule has 84 valence electrons. The lowest BCUT2D eigenvalue weighted by molar-refractivity contribution is 0.415. The molecule has 0 amide bonds. The molecule has 0 unspecified atom stereocenters. The molecule has 0 bridgehead atoms. The molecule has 2 aromatic heterocycles. The lowest BCUT2D eigenvalue weighted by Gasteiger charge is -2.09. The summed E-state index contributed by atoms with van der Waals surface area (Å²) in [5.41, 5.74) is 2.62. The van der Waals surface area contributed by atoms with E-state index in [1.807, 2.05) is 12.1 Å². The number of nitrogens with one attached hydrogen (secondary N) is 1. The second-order valence-electron chi connectivity index (χ2n) is 3.49. The number of thiophene rings is 1. The molecule has 0 aliphatic heterocycles. The largest absolute Gasteiger partial charge is 0.493 e. The minimum absolute atomic E-state index is 0.774. The van der Waals surface area contributed by atoms with E-state index in [2.05, 4.69) is 28.0 Å². The molecule has 1 N–H and O–H groups in total. The summed E-state index contributed by atoms with van der Waals surface area (Å²) in [5, 5.41) is 7.57. The number of hydrogen-bond acceptors (Lipinski definition) is 4. The molecule has 3 nitrogen and oxygen atoms in total. The van der Waals surface area contributed by atoms with Crippen molar-refractivity contribution in [2.24, 2.45) is 0 Å². The number of rotatable bonds is 4. The lowest BCUT2D eigenvalue weighted by atomic mass is 10.2. The Bertz CT molecular complexity index is 468. The van der Waals surface area contributed by atoms with Crippen LogP contribution in [0.3, 0.4) is 0 Å². The van der Waals surface area contributed by atoms with Crippen molar-refractivity contribution < 1.29 is 4.74 Å². The number of aromatic nitrogens is 1. The average molecular weight is 234 g/mol. The van der Waals surface area contributed by atoms with E-state index in [9.17, 15) is 0 Å². The Morgan fingerprint density at radius 1 is 1.44 bits per heavy atom. The first-order valence-electron chi connectivity index (χ1n) is 5.06. The number of ether oxygens (including phenoxy) is 1. The third-order valence-corrected chi connectivity index (χ3v) is 3.31. The van der Waals surface area contributed by atoms with Crippen molar-refractivity contribution >= 4 is 17.2 Å². The summed E-state index contributed by atoms with van der Waals surface area (Å²) < 4.78 is 5.22. The van der Waals surface area contributed by atoms with Crippen molar-refractivity contribution in [2.45, 2.75) is 13.5 Å². The van der Waals surface area contributed by atoms with Gasteiger partial charge in [-0.15, -0.1) is 0 Å². The van der Waals surface area contributed by atoms with E-state index < -0.39 is 0 Å². The fourth-order valence-corrected chi connectivity index (χ4v) is 2.29. The van der Waals surface area contributed by atoms with E-state index in [1.54, 1.807) is 24.6 Å². The minimum atomic E-state index is 0.774. The zero-order chi connectivity index (χ0) is 11.4. The first-order chi connectivity index (χ1) is 7.81. The second-order valence-corrected chi connectivity index (χ2v) is 4.23. The summed E-state index contributed by atoms with van der Waals surface area (Å²) in [5.74, 6) is 1.56. The summed E-state index contributed by atoms with van der Waals surface area (Å²) in [6, 6.07) is 3.76. The van der Waals surface area contributed by atoms with E-state index in [0.717, 1.165) is 18.1 Å². The molecule has 2 rings (SSSR count). The van der Waals surface area contributed by atoms with E-state index in [-0.39, 0.29) is 0 Å². The molecule has 2 heterocycles. The fraction of sp³-hybridized carbons (Fsp3) is 0.250. The van der Waals surface area contributed by atoms with Crippen LogP contribution in [0.1, 0.15) is 11.1 Å². The molecule has 0 saturated heterocycles. The van der Waals surface area contributed by atoms with Gasteiger partial charge in [-0.05, 0) is 40.9 Å². The maximum absolute atomic E-state index is 5.22. The summed E-state index contributed by atoms with van der Waals surface area (Å²) in [4.78, 5) is 4.25. The molecule has 0 aliphatic rings. The van der Waals surface area contributed by atoms with Gasteiger partial charge in [0.25, 0.3) is 0 Å². The van der Waals surface area contributed by atoms with Crippen LogP contribution in [0.15, 0.2) is 29.1 Å². The minimum Gasteiger partial charge on any atom is -0.493 e. The van der Waals surface area contributed by atoms with Gasteiger partial charge in [0.1, 0.15) is 0 Å². The van der Waals surface area contributed by atoms with E-state index in [0.29, 0.717) is 0 Å². The quantitative estimate of drug-likeness (QED) is 0.882. The second kappa shape index (κ2) is 4.99. The Kier molecular flexibility index (Phi) is 3.41. The first-order valence-corrected chi connectivity index (χ1v) is 6.00. The van der Waals surface area contributed by atoms with Crippen LogP contribution in [0, 0.1) is 6.92 Å². The van der Waals surface area contributed by atoms with Crippen molar-refractivity contribution in [3.8, 4) is 5.75 Å². The Morgan fingerprint density at radius 3 is 3.00 bits per heavy atom. The normalized spacial score (nSPS) is 10.1. The molecule has 0 fully saturated rings. The van der Waals surface area contributed by atoms with Crippen LogP contribution in [0.2, 0.25) is 0 Å². The van der Waals surface area contributed by atoms with E-state index in [1.165, 1.54) is 11.1 Å². The summed E-state index contributed by atoms with van der Waals surface area (Å²) in [7, 11) is 1.65. The Morgan fingerprint density at radius 2 is 2.31 bits per heavy atom. The highest BCUT2D eigenvalue weighted by Crippen LogP contribution is 2.22. The van der Waals surface area contributed by atoms with Crippen molar-refractivity contribution in [2.75, 3.05) is 12.4 Å². The van der Waals surface area contributed by atoms with Crippen LogP contribution in [-0.2, 0) is 6.54 Å². The SMILES string of the molecule is COc1cccnc1NCc1cscc1C.